The van der Waals surface area contributed by atoms with Crippen molar-refractivity contribution >= 4 is 27.7 Å². The largest absolute Gasteiger partial charge is 0.378 e. The molecule has 1 fully saturated rings. The minimum atomic E-state index is -0.0562. The first-order valence-corrected chi connectivity index (χ1v) is 8.90. The quantitative estimate of drug-likeness (QED) is 0.727. The molecule has 1 aromatic rings. The molecule has 0 aromatic heterocycles. The van der Waals surface area contributed by atoms with Crippen LogP contribution >= 0.6 is 15.9 Å². The van der Waals surface area contributed by atoms with E-state index in [4.69, 9.17) is 4.74 Å². The topological polar surface area (TPSA) is 70.7 Å². The van der Waals surface area contributed by atoms with Gasteiger partial charge in [-0.2, -0.15) is 0 Å². The fourth-order valence-corrected chi connectivity index (χ4v) is 2.93. The van der Waals surface area contributed by atoms with Crippen molar-refractivity contribution in [3.05, 3.63) is 34.3 Å². The normalized spacial score (nSPS) is 17.3. The summed E-state index contributed by atoms with van der Waals surface area (Å²) in [5.74, 6) is -0.0514. The average Bonchev–Trinajstić information content (AvgIpc) is 2.57. The molecular formula is C17H24BrN3O3. The number of hydrogen-bond acceptors (Lipinski definition) is 4. The molecule has 7 heteroatoms. The Balaban J connectivity index is 1.66. The lowest BCUT2D eigenvalue weighted by molar-refractivity contribution is -0.130. The van der Waals surface area contributed by atoms with Crippen LogP contribution in [0.15, 0.2) is 28.7 Å². The molecule has 1 aliphatic heterocycles. The zero-order chi connectivity index (χ0) is 17.4. The zero-order valence-corrected chi connectivity index (χ0v) is 15.5. The highest BCUT2D eigenvalue weighted by molar-refractivity contribution is 9.10. The van der Waals surface area contributed by atoms with Crippen molar-refractivity contribution in [3.8, 4) is 0 Å². The van der Waals surface area contributed by atoms with Crippen LogP contribution in [0.3, 0.4) is 0 Å². The molecule has 2 rings (SSSR count). The number of amides is 2. The number of halogens is 1. The monoisotopic (exact) mass is 397 g/mol. The SMILES string of the molecule is CN(Cc1ccccc1Br)C(=O)CCNC(=O)CC1COCCN1. The molecule has 2 amide bonds. The van der Waals surface area contributed by atoms with Gasteiger partial charge in [0.1, 0.15) is 0 Å². The third kappa shape index (κ3) is 6.22. The lowest BCUT2D eigenvalue weighted by atomic mass is 10.2. The highest BCUT2D eigenvalue weighted by Crippen LogP contribution is 2.17. The number of carbonyl (C=O) groups excluding carboxylic acids is 2. The number of rotatable bonds is 7. The number of nitrogens with one attached hydrogen (secondary N) is 2. The van der Waals surface area contributed by atoms with E-state index in [1.807, 2.05) is 24.3 Å². The van der Waals surface area contributed by atoms with Crippen molar-refractivity contribution in [2.45, 2.75) is 25.4 Å². The third-order valence-corrected chi connectivity index (χ3v) is 4.66. The van der Waals surface area contributed by atoms with E-state index in [9.17, 15) is 9.59 Å². The van der Waals surface area contributed by atoms with Gasteiger partial charge in [0.25, 0.3) is 0 Å². The summed E-state index contributed by atoms with van der Waals surface area (Å²) in [5.41, 5.74) is 1.06. The summed E-state index contributed by atoms with van der Waals surface area (Å²) in [6.45, 7) is 2.91. The van der Waals surface area contributed by atoms with Gasteiger partial charge in [-0.15, -0.1) is 0 Å². The van der Waals surface area contributed by atoms with Crippen LogP contribution in [0.4, 0.5) is 0 Å². The van der Waals surface area contributed by atoms with E-state index < -0.39 is 0 Å². The molecule has 0 radical (unpaired) electrons. The molecule has 1 saturated heterocycles. The molecule has 0 aliphatic carbocycles. The third-order valence-electron chi connectivity index (χ3n) is 3.88. The van der Waals surface area contributed by atoms with Gasteiger partial charge >= 0.3 is 0 Å². The maximum absolute atomic E-state index is 12.2. The number of benzene rings is 1. The van der Waals surface area contributed by atoms with E-state index in [1.165, 1.54) is 0 Å². The first-order valence-electron chi connectivity index (χ1n) is 8.11. The Morgan fingerprint density at radius 2 is 2.21 bits per heavy atom. The van der Waals surface area contributed by atoms with Gasteiger partial charge in [-0.05, 0) is 11.6 Å². The van der Waals surface area contributed by atoms with Crippen LogP contribution in [0.1, 0.15) is 18.4 Å². The van der Waals surface area contributed by atoms with Crippen LogP contribution in [-0.4, -0.2) is 56.1 Å². The molecule has 6 nitrogen and oxygen atoms in total. The summed E-state index contributed by atoms with van der Waals surface area (Å²) >= 11 is 3.48. The Hall–Kier alpha value is -1.44. The lowest BCUT2D eigenvalue weighted by Crippen LogP contribution is -2.44. The van der Waals surface area contributed by atoms with Crippen LogP contribution in [0.2, 0.25) is 0 Å². The summed E-state index contributed by atoms with van der Waals surface area (Å²) in [5, 5.41) is 6.03. The van der Waals surface area contributed by atoms with Crippen LogP contribution in [0.25, 0.3) is 0 Å². The second-order valence-electron chi connectivity index (χ2n) is 5.87. The first-order chi connectivity index (χ1) is 11.6. The molecule has 0 bridgehead atoms. The van der Waals surface area contributed by atoms with Gasteiger partial charge in [-0.25, -0.2) is 0 Å². The van der Waals surface area contributed by atoms with Gasteiger partial charge in [0, 0.05) is 50.0 Å². The van der Waals surface area contributed by atoms with E-state index in [0.29, 0.717) is 39.1 Å². The number of hydrogen-bond donors (Lipinski definition) is 2. The van der Waals surface area contributed by atoms with Crippen LogP contribution in [0, 0.1) is 0 Å². The molecule has 1 heterocycles. The van der Waals surface area contributed by atoms with Gasteiger partial charge in [0.2, 0.25) is 11.8 Å². The fourth-order valence-electron chi connectivity index (χ4n) is 2.52. The summed E-state index contributed by atoms with van der Waals surface area (Å²) in [6.07, 6.45) is 0.669. The Morgan fingerprint density at radius 3 is 2.92 bits per heavy atom. The van der Waals surface area contributed by atoms with Gasteiger partial charge in [0.15, 0.2) is 0 Å². The zero-order valence-electron chi connectivity index (χ0n) is 13.9. The van der Waals surface area contributed by atoms with Gasteiger partial charge in [0.05, 0.1) is 13.2 Å². The fraction of sp³-hybridized carbons (Fsp3) is 0.529. The molecule has 1 aliphatic rings. The van der Waals surface area contributed by atoms with Gasteiger partial charge < -0.3 is 20.3 Å². The number of carbonyl (C=O) groups is 2. The summed E-state index contributed by atoms with van der Waals surface area (Å²) < 4.78 is 6.30. The number of ether oxygens (including phenoxy) is 1. The molecule has 1 atom stereocenters. The minimum absolute atomic E-state index is 0.00479. The van der Waals surface area contributed by atoms with E-state index in [1.54, 1.807) is 11.9 Å². The van der Waals surface area contributed by atoms with E-state index in [2.05, 4.69) is 26.6 Å². The predicted molar refractivity (Wildman–Crippen MR) is 95.5 cm³/mol. The van der Waals surface area contributed by atoms with Crippen molar-refractivity contribution in [1.29, 1.82) is 0 Å². The second kappa shape index (κ2) is 9.76. The van der Waals surface area contributed by atoms with Gasteiger partial charge in [-0.3, -0.25) is 9.59 Å². The number of nitrogens with zero attached hydrogens (tertiary/aromatic N) is 1. The molecule has 132 valence electrons. The molecule has 1 unspecified atom stereocenters. The Morgan fingerprint density at radius 1 is 1.42 bits per heavy atom. The maximum Gasteiger partial charge on any atom is 0.224 e. The van der Waals surface area contributed by atoms with E-state index in [0.717, 1.165) is 16.6 Å². The minimum Gasteiger partial charge on any atom is -0.378 e. The molecule has 1 aromatic carbocycles. The maximum atomic E-state index is 12.2. The first kappa shape index (κ1) is 18.9. The second-order valence-corrected chi connectivity index (χ2v) is 6.73. The Labute approximate surface area is 151 Å². The lowest BCUT2D eigenvalue weighted by Gasteiger charge is -2.23. The smallest absolute Gasteiger partial charge is 0.224 e. The van der Waals surface area contributed by atoms with E-state index in [-0.39, 0.29) is 17.9 Å². The Kier molecular flexibility index (Phi) is 7.68. The summed E-state index contributed by atoms with van der Waals surface area (Å²) in [4.78, 5) is 25.7. The molecule has 0 spiro atoms. The highest BCUT2D eigenvalue weighted by Gasteiger charge is 2.17. The van der Waals surface area contributed by atoms with Crippen molar-refractivity contribution in [3.63, 3.8) is 0 Å². The Bertz CT molecular complexity index is 562. The highest BCUT2D eigenvalue weighted by atomic mass is 79.9. The summed E-state index contributed by atoms with van der Waals surface area (Å²) in [7, 11) is 1.77. The predicted octanol–water partition coefficient (Wildman–Crippen LogP) is 1.29. The van der Waals surface area contributed by atoms with Crippen molar-refractivity contribution in [2.24, 2.45) is 0 Å². The standard InChI is InChI=1S/C17H24BrN3O3/c1-21(11-13-4-2-3-5-15(13)18)17(23)6-7-20-16(22)10-14-12-24-9-8-19-14/h2-5,14,19H,6-12H2,1H3,(H,20,22). The van der Waals surface area contributed by atoms with Crippen molar-refractivity contribution in [1.82, 2.24) is 15.5 Å². The number of morpholine rings is 1. The summed E-state index contributed by atoms with van der Waals surface area (Å²) in [6, 6.07) is 7.89. The molecule has 0 saturated carbocycles. The average molecular weight is 398 g/mol. The van der Waals surface area contributed by atoms with E-state index >= 15 is 0 Å². The van der Waals surface area contributed by atoms with Gasteiger partial charge in [-0.1, -0.05) is 34.1 Å². The molecule has 2 N–H and O–H groups in total. The van der Waals surface area contributed by atoms with Crippen LogP contribution in [-0.2, 0) is 20.9 Å². The molecule has 24 heavy (non-hydrogen) atoms. The van der Waals surface area contributed by atoms with Crippen LogP contribution < -0.4 is 10.6 Å². The molecular weight excluding hydrogens is 374 g/mol. The van der Waals surface area contributed by atoms with Crippen molar-refractivity contribution < 1.29 is 14.3 Å². The van der Waals surface area contributed by atoms with Crippen molar-refractivity contribution in [2.75, 3.05) is 33.4 Å². The van der Waals surface area contributed by atoms with Crippen LogP contribution in [0.5, 0.6) is 0 Å².